The highest BCUT2D eigenvalue weighted by molar-refractivity contribution is 5.99. The lowest BCUT2D eigenvalue weighted by Gasteiger charge is -2.35. The summed E-state index contributed by atoms with van der Waals surface area (Å²) in [4.78, 5) is 78.2. The molecule has 3 atom stereocenters. The van der Waals surface area contributed by atoms with E-state index in [9.17, 15) is 33.9 Å². The lowest BCUT2D eigenvalue weighted by molar-refractivity contribution is -0.139. The first-order chi connectivity index (χ1) is 22.5. The van der Waals surface area contributed by atoms with Gasteiger partial charge in [-0.15, -0.1) is 0 Å². The summed E-state index contributed by atoms with van der Waals surface area (Å²) in [6.07, 6.45) is 1.08. The second-order valence-corrected chi connectivity index (χ2v) is 13.8. The molecule has 0 bridgehead atoms. The molecule has 1 saturated carbocycles. The van der Waals surface area contributed by atoms with Crippen LogP contribution in [0.5, 0.6) is 0 Å². The fraction of sp³-hybridized carbons (Fsp3) is 0.647. The molecule has 14 nitrogen and oxygen atoms in total. The van der Waals surface area contributed by atoms with Gasteiger partial charge < -0.3 is 42.2 Å². The number of aliphatic hydroxyl groups excluding tert-OH is 1. The van der Waals surface area contributed by atoms with Gasteiger partial charge in [0.05, 0.1) is 12.6 Å². The van der Waals surface area contributed by atoms with Crippen LogP contribution in [0, 0.1) is 11.8 Å². The lowest BCUT2D eigenvalue weighted by Crippen LogP contribution is -2.66. The van der Waals surface area contributed by atoms with E-state index in [1.54, 1.807) is 12.1 Å². The van der Waals surface area contributed by atoms with Crippen LogP contribution < -0.4 is 32.3 Å². The zero-order chi connectivity index (χ0) is 36.1. The smallest absolute Gasteiger partial charge is 0.408 e. The number of nitrogens with one attached hydrogen (secondary N) is 5. The SMILES string of the molecule is CC(C)C[C@H](NC(=O)OCc1ccccc1)C(=O)NC(C)(C)C(=O)NC1(C(=O)N[C@@H](CCC(N)=O)C(=O)N[C@H](CO)C(C)C)CCCC1. The van der Waals surface area contributed by atoms with Gasteiger partial charge in [-0.3, -0.25) is 24.0 Å². The number of ether oxygens (including phenoxy) is 1. The molecule has 1 fully saturated rings. The van der Waals surface area contributed by atoms with Crippen LogP contribution in [0.4, 0.5) is 4.79 Å². The molecule has 1 aromatic carbocycles. The van der Waals surface area contributed by atoms with E-state index in [1.165, 1.54) is 13.8 Å². The molecule has 6 amide bonds. The number of hydrogen-bond acceptors (Lipinski definition) is 8. The van der Waals surface area contributed by atoms with Crippen LogP contribution in [-0.4, -0.2) is 76.5 Å². The zero-order valence-corrected chi connectivity index (χ0v) is 29.0. The largest absolute Gasteiger partial charge is 0.445 e. The fourth-order valence-corrected chi connectivity index (χ4v) is 5.38. The Labute approximate surface area is 283 Å². The summed E-state index contributed by atoms with van der Waals surface area (Å²) in [5.41, 5.74) is 3.21. The van der Waals surface area contributed by atoms with Crippen molar-refractivity contribution in [2.24, 2.45) is 17.6 Å². The number of primary amides is 1. The molecule has 8 N–H and O–H groups in total. The molecule has 0 unspecified atom stereocenters. The first-order valence-corrected chi connectivity index (χ1v) is 16.6. The third kappa shape index (κ3) is 12.4. The maximum absolute atomic E-state index is 13.8. The van der Waals surface area contributed by atoms with E-state index < -0.39 is 64.8 Å². The van der Waals surface area contributed by atoms with Crippen molar-refractivity contribution in [1.29, 1.82) is 0 Å². The van der Waals surface area contributed by atoms with Gasteiger partial charge in [0.15, 0.2) is 0 Å². The minimum absolute atomic E-state index is 0.0190. The van der Waals surface area contributed by atoms with Gasteiger partial charge in [0, 0.05) is 6.42 Å². The van der Waals surface area contributed by atoms with Gasteiger partial charge in [0.25, 0.3) is 0 Å². The molecular formula is C34H54N6O8. The Morgan fingerprint density at radius 2 is 1.54 bits per heavy atom. The molecule has 2 rings (SSSR count). The van der Waals surface area contributed by atoms with Crippen molar-refractivity contribution in [3.05, 3.63) is 35.9 Å². The first kappa shape index (κ1) is 40.0. The molecule has 1 aromatic rings. The predicted molar refractivity (Wildman–Crippen MR) is 179 cm³/mol. The lowest BCUT2D eigenvalue weighted by atomic mass is 9.92. The molecule has 14 heteroatoms. The minimum Gasteiger partial charge on any atom is -0.445 e. The highest BCUT2D eigenvalue weighted by Gasteiger charge is 2.46. The fourth-order valence-electron chi connectivity index (χ4n) is 5.38. The van der Waals surface area contributed by atoms with Crippen LogP contribution in [0.15, 0.2) is 30.3 Å². The molecule has 0 aromatic heterocycles. The summed E-state index contributed by atoms with van der Waals surface area (Å²) in [5, 5.41) is 23.2. The predicted octanol–water partition coefficient (Wildman–Crippen LogP) is 1.53. The van der Waals surface area contributed by atoms with E-state index in [-0.39, 0.29) is 57.2 Å². The Bertz CT molecular complexity index is 1260. The quantitative estimate of drug-likeness (QED) is 0.121. The summed E-state index contributed by atoms with van der Waals surface area (Å²) >= 11 is 0. The van der Waals surface area contributed by atoms with Crippen molar-refractivity contribution < 1.29 is 38.6 Å². The number of carbonyl (C=O) groups is 6. The van der Waals surface area contributed by atoms with Crippen LogP contribution in [0.1, 0.15) is 92.1 Å². The number of rotatable bonds is 18. The summed E-state index contributed by atoms with van der Waals surface area (Å²) in [6, 6.07) is 6.37. The Kier molecular flexibility index (Phi) is 15.3. The highest BCUT2D eigenvalue weighted by Crippen LogP contribution is 2.31. The first-order valence-electron chi connectivity index (χ1n) is 16.6. The van der Waals surface area contributed by atoms with Crippen LogP contribution in [0.3, 0.4) is 0 Å². The second-order valence-electron chi connectivity index (χ2n) is 13.8. The maximum atomic E-state index is 13.8. The second kappa shape index (κ2) is 18.4. The Hall–Kier alpha value is -4.20. The number of alkyl carbamates (subject to hydrolysis) is 1. The summed E-state index contributed by atoms with van der Waals surface area (Å²) < 4.78 is 5.29. The van der Waals surface area contributed by atoms with E-state index in [0.29, 0.717) is 12.8 Å². The van der Waals surface area contributed by atoms with Crippen LogP contribution in [0.2, 0.25) is 0 Å². The van der Waals surface area contributed by atoms with Gasteiger partial charge in [0.1, 0.15) is 29.8 Å². The van der Waals surface area contributed by atoms with Crippen molar-refractivity contribution >= 4 is 35.6 Å². The number of benzene rings is 1. The average molecular weight is 675 g/mol. The van der Waals surface area contributed by atoms with Gasteiger partial charge in [-0.05, 0) is 56.9 Å². The van der Waals surface area contributed by atoms with Crippen molar-refractivity contribution in [3.63, 3.8) is 0 Å². The summed E-state index contributed by atoms with van der Waals surface area (Å²) in [6.45, 7) is 10.1. The van der Waals surface area contributed by atoms with Crippen molar-refractivity contribution in [3.8, 4) is 0 Å². The molecule has 0 spiro atoms. The number of amides is 6. The highest BCUT2D eigenvalue weighted by atomic mass is 16.5. The molecule has 0 heterocycles. The topological polar surface area (TPSA) is 218 Å². The normalized spacial score (nSPS) is 15.9. The van der Waals surface area contributed by atoms with E-state index in [4.69, 9.17) is 10.5 Å². The van der Waals surface area contributed by atoms with Gasteiger partial charge in [-0.25, -0.2) is 4.79 Å². The Balaban J connectivity index is 2.16. The molecule has 0 aliphatic heterocycles. The van der Waals surface area contributed by atoms with Crippen LogP contribution >= 0.6 is 0 Å². The third-order valence-electron chi connectivity index (χ3n) is 8.41. The van der Waals surface area contributed by atoms with E-state index >= 15 is 0 Å². The molecule has 1 aliphatic carbocycles. The van der Waals surface area contributed by atoms with Gasteiger partial charge in [-0.2, -0.15) is 0 Å². The molecule has 268 valence electrons. The molecule has 48 heavy (non-hydrogen) atoms. The maximum Gasteiger partial charge on any atom is 0.408 e. The van der Waals surface area contributed by atoms with Crippen LogP contribution in [0.25, 0.3) is 0 Å². The number of nitrogens with two attached hydrogens (primary N) is 1. The van der Waals surface area contributed by atoms with E-state index in [0.717, 1.165) is 5.56 Å². The number of aliphatic hydroxyl groups is 1. The van der Waals surface area contributed by atoms with Crippen molar-refractivity contribution in [1.82, 2.24) is 26.6 Å². The van der Waals surface area contributed by atoms with E-state index in [2.05, 4.69) is 26.6 Å². The van der Waals surface area contributed by atoms with E-state index in [1.807, 2.05) is 45.9 Å². The summed E-state index contributed by atoms with van der Waals surface area (Å²) in [7, 11) is 0. The van der Waals surface area contributed by atoms with Crippen molar-refractivity contribution in [2.45, 2.75) is 122 Å². The zero-order valence-electron chi connectivity index (χ0n) is 29.0. The average Bonchev–Trinajstić information content (AvgIpc) is 3.49. The van der Waals surface area contributed by atoms with Gasteiger partial charge >= 0.3 is 6.09 Å². The minimum atomic E-state index is -1.51. The Morgan fingerprint density at radius 3 is 2.08 bits per heavy atom. The number of carbonyl (C=O) groups excluding carboxylic acids is 6. The standard InChI is InChI=1S/C34H54N6O8/c1-21(2)18-25(38-32(47)48-20-23-12-8-7-9-13-23)29(44)39-33(5,6)30(45)40-34(16-10-11-17-34)31(46)37-24(14-15-27(35)42)28(43)36-26(19-41)22(3)4/h7-9,12-13,21-22,24-26,41H,10-11,14-20H2,1-6H3,(H2,35,42)(H,36,43)(H,37,46)(H,38,47)(H,39,44)(H,40,45)/t24-,25-,26+/m0/s1. The monoisotopic (exact) mass is 674 g/mol. The number of hydrogen-bond donors (Lipinski definition) is 7. The molecule has 1 aliphatic rings. The molecular weight excluding hydrogens is 620 g/mol. The molecule has 0 saturated heterocycles. The van der Waals surface area contributed by atoms with Gasteiger partial charge in [0.2, 0.25) is 29.5 Å². The third-order valence-corrected chi connectivity index (χ3v) is 8.41. The molecule has 0 radical (unpaired) electrons. The van der Waals surface area contributed by atoms with Gasteiger partial charge in [-0.1, -0.05) is 70.9 Å². The van der Waals surface area contributed by atoms with Crippen molar-refractivity contribution in [2.75, 3.05) is 6.61 Å². The van der Waals surface area contributed by atoms with Crippen LogP contribution in [-0.2, 0) is 35.3 Å². The Morgan fingerprint density at radius 1 is 0.917 bits per heavy atom. The summed E-state index contributed by atoms with van der Waals surface area (Å²) in [5.74, 6) is -3.16.